The zero-order valence-electron chi connectivity index (χ0n) is 13.2. The third kappa shape index (κ3) is 4.17. The molecule has 9 heteroatoms. The second-order valence-corrected chi connectivity index (χ2v) is 5.59. The molecule has 6 nitrogen and oxygen atoms in total. The van der Waals surface area contributed by atoms with Gasteiger partial charge in [0.05, 0.1) is 5.56 Å². The third-order valence-corrected chi connectivity index (χ3v) is 3.90. The zero-order chi connectivity index (χ0) is 17.9. The summed E-state index contributed by atoms with van der Waals surface area (Å²) in [6.45, 7) is 2.48. The summed E-state index contributed by atoms with van der Waals surface area (Å²) in [6.07, 6.45) is -2.22. The van der Waals surface area contributed by atoms with Gasteiger partial charge in [-0.15, -0.1) is 0 Å². The Labute approximate surface area is 142 Å². The number of carbonyl (C=O) groups is 1. The molecule has 2 aromatic rings. The maximum Gasteiger partial charge on any atom is 0.416 e. The van der Waals surface area contributed by atoms with Gasteiger partial charge in [0, 0.05) is 37.9 Å². The first-order valence-corrected chi connectivity index (χ1v) is 7.66. The van der Waals surface area contributed by atoms with Gasteiger partial charge in [0.25, 0.3) is 0 Å². The van der Waals surface area contributed by atoms with Crippen LogP contribution in [-0.4, -0.2) is 47.5 Å². The number of rotatable bonds is 4. The van der Waals surface area contributed by atoms with Crippen molar-refractivity contribution in [2.75, 3.05) is 36.4 Å². The van der Waals surface area contributed by atoms with Crippen molar-refractivity contribution < 1.29 is 18.0 Å². The minimum Gasteiger partial charge on any atom is -0.353 e. The number of carbonyl (C=O) groups excluding carboxylic acids is 1. The molecule has 1 fully saturated rings. The number of amides is 1. The van der Waals surface area contributed by atoms with Crippen molar-refractivity contribution in [1.82, 2.24) is 14.9 Å². The normalized spacial score (nSPS) is 15.2. The van der Waals surface area contributed by atoms with Crippen LogP contribution in [0.5, 0.6) is 0 Å². The van der Waals surface area contributed by atoms with E-state index in [0.29, 0.717) is 43.5 Å². The number of halogens is 3. The van der Waals surface area contributed by atoms with Crippen LogP contribution in [0.2, 0.25) is 0 Å². The second kappa shape index (κ2) is 6.96. The number of alkyl halides is 3. The van der Waals surface area contributed by atoms with E-state index in [2.05, 4.69) is 15.3 Å². The fourth-order valence-corrected chi connectivity index (χ4v) is 2.57. The van der Waals surface area contributed by atoms with Crippen LogP contribution in [0, 0.1) is 0 Å². The Kier molecular flexibility index (Phi) is 4.73. The fraction of sp³-hybridized carbons (Fsp3) is 0.312. The smallest absolute Gasteiger partial charge is 0.353 e. The lowest BCUT2D eigenvalue weighted by atomic mass is 10.2. The predicted octanol–water partition coefficient (Wildman–Crippen LogP) is 2.52. The van der Waals surface area contributed by atoms with E-state index in [-0.39, 0.29) is 0 Å². The molecule has 1 saturated heterocycles. The van der Waals surface area contributed by atoms with Gasteiger partial charge in [-0.05, 0) is 18.2 Å². The van der Waals surface area contributed by atoms with Crippen molar-refractivity contribution in [2.45, 2.75) is 6.18 Å². The Bertz CT molecular complexity index is 745. The first-order chi connectivity index (χ1) is 12.0. The summed E-state index contributed by atoms with van der Waals surface area (Å²) in [5, 5.41) is 2.87. The first kappa shape index (κ1) is 17.0. The molecule has 1 aromatic heterocycles. The SMILES string of the molecule is O=CN1CCN(c2cc(Nc3cccc(C(F)(F)F)c3)ncn2)CC1. The molecule has 0 spiro atoms. The van der Waals surface area contributed by atoms with Gasteiger partial charge < -0.3 is 15.1 Å². The lowest BCUT2D eigenvalue weighted by Gasteiger charge is -2.33. The first-order valence-electron chi connectivity index (χ1n) is 7.66. The van der Waals surface area contributed by atoms with Crippen molar-refractivity contribution in [1.29, 1.82) is 0 Å². The van der Waals surface area contributed by atoms with Gasteiger partial charge in [0.1, 0.15) is 18.0 Å². The van der Waals surface area contributed by atoms with E-state index in [1.165, 1.54) is 12.4 Å². The van der Waals surface area contributed by atoms with E-state index in [1.807, 2.05) is 4.90 Å². The van der Waals surface area contributed by atoms with Gasteiger partial charge >= 0.3 is 6.18 Å². The molecule has 0 atom stereocenters. The summed E-state index contributed by atoms with van der Waals surface area (Å²) in [6, 6.07) is 6.61. The number of benzene rings is 1. The van der Waals surface area contributed by atoms with Crippen LogP contribution in [-0.2, 0) is 11.0 Å². The summed E-state index contributed by atoms with van der Waals surface area (Å²) in [4.78, 5) is 22.7. The molecule has 132 valence electrons. The van der Waals surface area contributed by atoms with Gasteiger partial charge in [-0.25, -0.2) is 9.97 Å². The fourth-order valence-electron chi connectivity index (χ4n) is 2.57. The Hall–Kier alpha value is -2.84. The number of nitrogens with zero attached hydrogens (tertiary/aromatic N) is 4. The van der Waals surface area contributed by atoms with Gasteiger partial charge in [0.2, 0.25) is 6.41 Å². The summed E-state index contributed by atoms with van der Waals surface area (Å²) in [5.41, 5.74) is -0.429. The Balaban J connectivity index is 1.73. The van der Waals surface area contributed by atoms with Crippen molar-refractivity contribution in [3.05, 3.63) is 42.2 Å². The standard InChI is InChI=1S/C16H16F3N5O/c17-16(18,19)12-2-1-3-13(8-12)22-14-9-15(21-10-20-14)24-6-4-23(11-25)5-7-24/h1-3,8-11H,4-7H2,(H,20,21,22). The van der Waals surface area contributed by atoms with Crippen LogP contribution in [0.25, 0.3) is 0 Å². The number of piperazine rings is 1. The molecule has 3 rings (SSSR count). The van der Waals surface area contributed by atoms with E-state index in [0.717, 1.165) is 18.5 Å². The number of nitrogens with one attached hydrogen (secondary N) is 1. The number of hydrogen-bond acceptors (Lipinski definition) is 5. The highest BCUT2D eigenvalue weighted by Crippen LogP contribution is 2.31. The van der Waals surface area contributed by atoms with Crippen LogP contribution >= 0.6 is 0 Å². The zero-order valence-corrected chi connectivity index (χ0v) is 13.2. The highest BCUT2D eigenvalue weighted by atomic mass is 19.4. The molecule has 1 N–H and O–H groups in total. The quantitative estimate of drug-likeness (QED) is 0.858. The van der Waals surface area contributed by atoms with Crippen molar-refractivity contribution in [3.8, 4) is 0 Å². The summed E-state index contributed by atoms with van der Waals surface area (Å²) in [7, 11) is 0. The molecule has 25 heavy (non-hydrogen) atoms. The van der Waals surface area contributed by atoms with Gasteiger partial charge in [-0.2, -0.15) is 13.2 Å². The van der Waals surface area contributed by atoms with E-state index < -0.39 is 11.7 Å². The van der Waals surface area contributed by atoms with Crippen LogP contribution in [0.15, 0.2) is 36.7 Å². The molecule has 2 heterocycles. The number of hydrogen-bond donors (Lipinski definition) is 1. The van der Waals surface area contributed by atoms with Crippen molar-refractivity contribution in [2.24, 2.45) is 0 Å². The second-order valence-electron chi connectivity index (χ2n) is 5.59. The van der Waals surface area contributed by atoms with Crippen molar-refractivity contribution in [3.63, 3.8) is 0 Å². The highest BCUT2D eigenvalue weighted by Gasteiger charge is 2.30. The summed E-state index contributed by atoms with van der Waals surface area (Å²) < 4.78 is 38.4. The summed E-state index contributed by atoms with van der Waals surface area (Å²) >= 11 is 0. The van der Waals surface area contributed by atoms with Gasteiger partial charge in [-0.3, -0.25) is 4.79 Å². The molecule has 0 unspecified atom stereocenters. The van der Waals surface area contributed by atoms with E-state index in [9.17, 15) is 18.0 Å². The average molecular weight is 351 g/mol. The molecule has 1 aliphatic heterocycles. The minimum atomic E-state index is -4.40. The van der Waals surface area contributed by atoms with Gasteiger partial charge in [0.15, 0.2) is 0 Å². The van der Waals surface area contributed by atoms with Crippen LogP contribution < -0.4 is 10.2 Å². The Morgan fingerprint density at radius 1 is 1.08 bits per heavy atom. The number of anilines is 3. The molecule has 1 amide bonds. The molecular formula is C16H16F3N5O. The number of aromatic nitrogens is 2. The van der Waals surface area contributed by atoms with E-state index in [1.54, 1.807) is 17.0 Å². The van der Waals surface area contributed by atoms with E-state index >= 15 is 0 Å². The van der Waals surface area contributed by atoms with E-state index in [4.69, 9.17) is 0 Å². The van der Waals surface area contributed by atoms with Gasteiger partial charge in [-0.1, -0.05) is 6.07 Å². The molecule has 1 aliphatic rings. The maximum absolute atomic E-state index is 12.8. The maximum atomic E-state index is 12.8. The lowest BCUT2D eigenvalue weighted by Crippen LogP contribution is -2.46. The third-order valence-electron chi connectivity index (χ3n) is 3.90. The highest BCUT2D eigenvalue weighted by molar-refractivity contribution is 5.60. The Morgan fingerprint density at radius 3 is 2.52 bits per heavy atom. The topological polar surface area (TPSA) is 61.4 Å². The molecule has 0 saturated carbocycles. The monoisotopic (exact) mass is 351 g/mol. The average Bonchev–Trinajstić information content (AvgIpc) is 2.61. The van der Waals surface area contributed by atoms with Crippen molar-refractivity contribution >= 4 is 23.7 Å². The van der Waals surface area contributed by atoms with Crippen LogP contribution in [0.4, 0.5) is 30.5 Å². The molecule has 0 bridgehead atoms. The summed E-state index contributed by atoms with van der Waals surface area (Å²) in [5.74, 6) is 1.07. The van der Waals surface area contributed by atoms with Crippen LogP contribution in [0.3, 0.4) is 0 Å². The lowest BCUT2D eigenvalue weighted by molar-refractivity contribution is -0.137. The minimum absolute atomic E-state index is 0.297. The molecule has 1 aromatic carbocycles. The predicted molar refractivity (Wildman–Crippen MR) is 86.6 cm³/mol. The Morgan fingerprint density at radius 2 is 1.84 bits per heavy atom. The molecule has 0 radical (unpaired) electrons. The van der Waals surface area contributed by atoms with Crippen LogP contribution in [0.1, 0.15) is 5.56 Å². The molecular weight excluding hydrogens is 335 g/mol. The largest absolute Gasteiger partial charge is 0.416 e. The molecule has 0 aliphatic carbocycles.